The number of nitrogens with zero attached hydrogens (tertiary/aromatic N) is 2. The van der Waals surface area contributed by atoms with E-state index in [9.17, 15) is 21.6 Å². The van der Waals surface area contributed by atoms with Gasteiger partial charge in [-0.15, -0.1) is 0 Å². The summed E-state index contributed by atoms with van der Waals surface area (Å²) in [4.78, 5) is 13.8. The average molecular weight is 438 g/mol. The van der Waals surface area contributed by atoms with Crippen LogP contribution in [0.1, 0.15) is 18.9 Å². The van der Waals surface area contributed by atoms with Crippen molar-refractivity contribution >= 4 is 43.0 Å². The van der Waals surface area contributed by atoms with Gasteiger partial charge in [0.25, 0.3) is 10.0 Å². The van der Waals surface area contributed by atoms with Crippen LogP contribution in [0, 0.1) is 0 Å². The fourth-order valence-corrected chi connectivity index (χ4v) is 4.76. The predicted octanol–water partition coefficient (Wildman–Crippen LogP) is 2.18. The first-order valence-corrected chi connectivity index (χ1v) is 12.4. The van der Waals surface area contributed by atoms with Crippen molar-refractivity contribution in [3.05, 3.63) is 48.0 Å². The Morgan fingerprint density at radius 3 is 2.52 bits per heavy atom. The standard InChI is InChI=1S/C19H23N3O5S2/c1-4-19(23)22-11-10-14-12-17(8-9-18(14)22)29(26,27)20-15-6-5-7-16(13-15)21(2)28(3,24)25/h5-9,12-13,20H,4,10-11H2,1-3H3. The summed E-state index contributed by atoms with van der Waals surface area (Å²) in [6.45, 7) is 2.33. The molecular formula is C19H23N3O5S2. The first kappa shape index (κ1) is 21.1. The normalized spacial score (nSPS) is 13.8. The Morgan fingerprint density at radius 2 is 1.86 bits per heavy atom. The predicted molar refractivity (Wildman–Crippen MR) is 113 cm³/mol. The molecule has 2 aromatic carbocycles. The van der Waals surface area contributed by atoms with Crippen LogP contribution in [-0.2, 0) is 31.3 Å². The van der Waals surface area contributed by atoms with Gasteiger partial charge in [-0.3, -0.25) is 13.8 Å². The molecule has 8 nitrogen and oxygen atoms in total. The summed E-state index contributed by atoms with van der Waals surface area (Å²) in [6, 6.07) is 10.8. The molecule has 0 radical (unpaired) electrons. The molecule has 0 spiro atoms. The highest BCUT2D eigenvalue weighted by molar-refractivity contribution is 7.92. The van der Waals surface area contributed by atoms with E-state index in [-0.39, 0.29) is 16.5 Å². The van der Waals surface area contributed by atoms with Crippen LogP contribution in [-0.4, -0.2) is 42.6 Å². The number of fused-ring (bicyclic) bond motifs is 1. The number of nitrogens with one attached hydrogen (secondary N) is 1. The minimum absolute atomic E-state index is 0.00398. The number of amides is 1. The second-order valence-corrected chi connectivity index (χ2v) is 10.5. The van der Waals surface area contributed by atoms with Crippen molar-refractivity contribution in [3.8, 4) is 0 Å². The smallest absolute Gasteiger partial charge is 0.261 e. The van der Waals surface area contributed by atoms with Gasteiger partial charge in [-0.25, -0.2) is 16.8 Å². The van der Waals surface area contributed by atoms with Gasteiger partial charge in [0.15, 0.2) is 0 Å². The first-order chi connectivity index (χ1) is 13.5. The van der Waals surface area contributed by atoms with Gasteiger partial charge in [0.2, 0.25) is 15.9 Å². The van der Waals surface area contributed by atoms with Crippen molar-refractivity contribution in [2.24, 2.45) is 0 Å². The first-order valence-electron chi connectivity index (χ1n) is 9.03. The number of carbonyl (C=O) groups is 1. The summed E-state index contributed by atoms with van der Waals surface area (Å²) < 4.78 is 52.6. The molecule has 2 aromatic rings. The van der Waals surface area contributed by atoms with Gasteiger partial charge in [0.1, 0.15) is 0 Å². The Morgan fingerprint density at radius 1 is 1.14 bits per heavy atom. The molecule has 0 unspecified atom stereocenters. The second-order valence-electron chi connectivity index (χ2n) is 6.83. The Balaban J connectivity index is 1.87. The van der Waals surface area contributed by atoms with Gasteiger partial charge in [-0.1, -0.05) is 13.0 Å². The number of hydrogen-bond donors (Lipinski definition) is 1. The van der Waals surface area contributed by atoms with Gasteiger partial charge in [0.05, 0.1) is 22.5 Å². The number of sulfonamides is 2. The Bertz CT molecular complexity index is 1160. The van der Waals surface area contributed by atoms with Crippen molar-refractivity contribution < 1.29 is 21.6 Å². The molecular weight excluding hydrogens is 414 g/mol. The number of rotatable bonds is 6. The summed E-state index contributed by atoms with van der Waals surface area (Å²) in [5.74, 6) is 0.00398. The lowest BCUT2D eigenvalue weighted by Gasteiger charge is -2.18. The monoisotopic (exact) mass is 437 g/mol. The van der Waals surface area contributed by atoms with Crippen LogP contribution in [0.15, 0.2) is 47.4 Å². The summed E-state index contributed by atoms with van der Waals surface area (Å²) in [6.07, 6.45) is 2.05. The van der Waals surface area contributed by atoms with E-state index in [4.69, 9.17) is 0 Å². The van der Waals surface area contributed by atoms with Gasteiger partial charge < -0.3 is 4.90 Å². The van der Waals surface area contributed by atoms with E-state index in [1.807, 2.05) is 0 Å². The maximum absolute atomic E-state index is 12.8. The molecule has 0 aromatic heterocycles. The molecule has 1 aliphatic rings. The van der Waals surface area contributed by atoms with Crippen LogP contribution in [0.4, 0.5) is 17.1 Å². The molecule has 1 amide bonds. The quantitative estimate of drug-likeness (QED) is 0.746. The topological polar surface area (TPSA) is 104 Å². The second kappa shape index (κ2) is 7.68. The van der Waals surface area contributed by atoms with Crippen LogP contribution in [0.25, 0.3) is 0 Å². The molecule has 1 heterocycles. The van der Waals surface area contributed by atoms with E-state index in [0.29, 0.717) is 25.1 Å². The van der Waals surface area contributed by atoms with Crippen molar-refractivity contribution in [2.75, 3.05) is 33.8 Å². The molecule has 1 aliphatic heterocycles. The molecule has 0 aliphatic carbocycles. The van der Waals surface area contributed by atoms with E-state index in [2.05, 4.69) is 4.72 Å². The Labute approximate surface area is 171 Å². The highest BCUT2D eigenvalue weighted by atomic mass is 32.2. The Hall–Kier alpha value is -2.59. The van der Waals surface area contributed by atoms with Gasteiger partial charge >= 0.3 is 0 Å². The molecule has 0 saturated carbocycles. The third kappa shape index (κ3) is 4.38. The number of hydrogen-bond acceptors (Lipinski definition) is 5. The van der Waals surface area contributed by atoms with Crippen LogP contribution in [0.2, 0.25) is 0 Å². The lowest BCUT2D eigenvalue weighted by Crippen LogP contribution is -2.27. The molecule has 0 fully saturated rings. The minimum atomic E-state index is -3.88. The number of carbonyl (C=O) groups excluding carboxylic acids is 1. The van der Waals surface area contributed by atoms with Crippen LogP contribution >= 0.6 is 0 Å². The zero-order chi connectivity index (χ0) is 21.4. The van der Waals surface area contributed by atoms with Gasteiger partial charge in [-0.05, 0) is 48.4 Å². The molecule has 0 bridgehead atoms. The van der Waals surface area contributed by atoms with E-state index in [0.717, 1.165) is 21.8 Å². The molecule has 156 valence electrons. The average Bonchev–Trinajstić information content (AvgIpc) is 3.09. The van der Waals surface area contributed by atoms with Crippen LogP contribution in [0.5, 0.6) is 0 Å². The molecule has 10 heteroatoms. The zero-order valence-electron chi connectivity index (χ0n) is 16.4. The highest BCUT2D eigenvalue weighted by Gasteiger charge is 2.26. The molecule has 0 saturated heterocycles. The van der Waals surface area contributed by atoms with Crippen molar-refractivity contribution in [2.45, 2.75) is 24.7 Å². The van der Waals surface area contributed by atoms with Gasteiger partial charge in [-0.2, -0.15) is 0 Å². The lowest BCUT2D eigenvalue weighted by atomic mass is 10.2. The lowest BCUT2D eigenvalue weighted by molar-refractivity contribution is -0.118. The number of benzene rings is 2. The third-order valence-corrected chi connectivity index (χ3v) is 7.40. The SMILES string of the molecule is CCC(=O)N1CCc2cc(S(=O)(=O)Nc3cccc(N(C)S(C)(=O)=O)c3)ccc21. The molecule has 0 atom stereocenters. The highest BCUT2D eigenvalue weighted by Crippen LogP contribution is 2.31. The van der Waals surface area contributed by atoms with E-state index in [1.54, 1.807) is 42.2 Å². The number of anilines is 3. The maximum Gasteiger partial charge on any atom is 0.261 e. The van der Waals surface area contributed by atoms with E-state index >= 15 is 0 Å². The van der Waals surface area contributed by atoms with Crippen LogP contribution < -0.4 is 13.9 Å². The fourth-order valence-electron chi connectivity index (χ4n) is 3.17. The summed E-state index contributed by atoms with van der Waals surface area (Å²) in [7, 11) is -5.95. The molecule has 29 heavy (non-hydrogen) atoms. The fraction of sp³-hybridized carbons (Fsp3) is 0.316. The van der Waals surface area contributed by atoms with Crippen molar-refractivity contribution in [3.63, 3.8) is 0 Å². The summed E-state index contributed by atoms with van der Waals surface area (Å²) in [5, 5.41) is 0. The van der Waals surface area contributed by atoms with E-state index < -0.39 is 20.0 Å². The maximum atomic E-state index is 12.8. The largest absolute Gasteiger partial charge is 0.312 e. The van der Waals surface area contributed by atoms with Crippen molar-refractivity contribution in [1.29, 1.82) is 0 Å². The summed E-state index contributed by atoms with van der Waals surface area (Å²) >= 11 is 0. The minimum Gasteiger partial charge on any atom is -0.312 e. The van der Waals surface area contributed by atoms with Gasteiger partial charge in [0, 0.05) is 25.7 Å². The Kier molecular flexibility index (Phi) is 5.59. The van der Waals surface area contributed by atoms with Crippen molar-refractivity contribution in [1.82, 2.24) is 0 Å². The summed E-state index contributed by atoms with van der Waals surface area (Å²) in [5.41, 5.74) is 2.14. The molecule has 1 N–H and O–H groups in total. The third-order valence-electron chi connectivity index (χ3n) is 4.82. The zero-order valence-corrected chi connectivity index (χ0v) is 18.0. The molecule has 3 rings (SSSR count). The van der Waals surface area contributed by atoms with E-state index in [1.165, 1.54) is 19.2 Å². The van der Waals surface area contributed by atoms with Crippen LogP contribution in [0.3, 0.4) is 0 Å².